The van der Waals surface area contributed by atoms with Gasteiger partial charge in [0.05, 0.1) is 11.1 Å². The molecule has 0 saturated carbocycles. The van der Waals surface area contributed by atoms with Crippen LogP contribution in [-0.4, -0.2) is 46.7 Å². The van der Waals surface area contributed by atoms with Crippen molar-refractivity contribution in [2.24, 2.45) is 0 Å². The summed E-state index contributed by atoms with van der Waals surface area (Å²) >= 11 is 3.29. The Morgan fingerprint density at radius 3 is 2.41 bits per heavy atom. The zero-order valence-corrected chi connectivity index (χ0v) is 17.5. The first-order chi connectivity index (χ1) is 12.5. The Hall–Kier alpha value is -2.22. The van der Waals surface area contributed by atoms with E-state index in [9.17, 15) is 19.2 Å². The van der Waals surface area contributed by atoms with Crippen molar-refractivity contribution in [2.75, 3.05) is 6.54 Å². The number of benzene rings is 1. The van der Waals surface area contributed by atoms with Crippen LogP contribution >= 0.6 is 15.9 Å². The van der Waals surface area contributed by atoms with Crippen LogP contribution in [0.3, 0.4) is 0 Å². The molecule has 2 N–H and O–H groups in total. The van der Waals surface area contributed by atoms with Gasteiger partial charge in [0.1, 0.15) is 6.04 Å². The quantitative estimate of drug-likeness (QED) is 0.666. The van der Waals surface area contributed by atoms with Gasteiger partial charge < -0.3 is 10.6 Å². The first-order valence-corrected chi connectivity index (χ1v) is 9.56. The summed E-state index contributed by atoms with van der Waals surface area (Å²) < 4.78 is 0.728. The van der Waals surface area contributed by atoms with Gasteiger partial charge >= 0.3 is 0 Å². The van der Waals surface area contributed by atoms with Crippen LogP contribution in [0.2, 0.25) is 0 Å². The Labute approximate surface area is 167 Å². The summed E-state index contributed by atoms with van der Waals surface area (Å²) in [6, 6.07) is 4.29. The minimum absolute atomic E-state index is 0.115. The number of nitrogens with one attached hydrogen (secondary N) is 2. The third-order valence-corrected chi connectivity index (χ3v) is 4.48. The molecule has 4 amide bonds. The summed E-state index contributed by atoms with van der Waals surface area (Å²) in [4.78, 5) is 49.9. The first kappa shape index (κ1) is 21.1. The number of amides is 4. The standard InChI is InChI=1S/C19H24BrN3O4/c1-11(16(25)22-19(2,3)4)21-15(24)6-5-9-23-17(26)13-8-7-12(20)10-14(13)18(23)27/h7-8,10-11H,5-6,9H2,1-4H3,(H,21,24)(H,22,25). The lowest BCUT2D eigenvalue weighted by Gasteiger charge is -2.23. The number of fused-ring (bicyclic) bond motifs is 1. The van der Waals surface area contributed by atoms with Crippen LogP contribution in [-0.2, 0) is 9.59 Å². The molecule has 7 nitrogen and oxygen atoms in total. The van der Waals surface area contributed by atoms with Gasteiger partial charge in [-0.2, -0.15) is 0 Å². The largest absolute Gasteiger partial charge is 0.350 e. The van der Waals surface area contributed by atoms with Gasteiger partial charge in [0.15, 0.2) is 0 Å². The van der Waals surface area contributed by atoms with Crippen LogP contribution in [0.25, 0.3) is 0 Å². The summed E-state index contributed by atoms with van der Waals surface area (Å²) in [6.07, 6.45) is 0.441. The van der Waals surface area contributed by atoms with Crippen LogP contribution in [0.5, 0.6) is 0 Å². The van der Waals surface area contributed by atoms with E-state index in [-0.39, 0.29) is 42.1 Å². The highest BCUT2D eigenvalue weighted by Gasteiger charge is 2.35. The molecule has 1 aliphatic rings. The normalized spacial score (nSPS) is 14.8. The molecular formula is C19H24BrN3O4. The van der Waals surface area contributed by atoms with Gasteiger partial charge in [0.2, 0.25) is 11.8 Å². The third-order valence-electron chi connectivity index (χ3n) is 3.99. The summed E-state index contributed by atoms with van der Waals surface area (Å²) in [5.41, 5.74) is 0.364. The summed E-state index contributed by atoms with van der Waals surface area (Å²) in [6.45, 7) is 7.35. The van der Waals surface area contributed by atoms with Crippen LogP contribution in [0, 0.1) is 0 Å². The number of rotatable bonds is 6. The van der Waals surface area contributed by atoms with Crippen LogP contribution in [0.4, 0.5) is 0 Å². The molecule has 1 aromatic carbocycles. The minimum atomic E-state index is -0.659. The summed E-state index contributed by atoms with van der Waals surface area (Å²) in [5.74, 6) is -1.26. The van der Waals surface area contributed by atoms with E-state index in [1.54, 1.807) is 25.1 Å². The van der Waals surface area contributed by atoms with E-state index in [2.05, 4.69) is 26.6 Å². The van der Waals surface area contributed by atoms with Crippen molar-refractivity contribution < 1.29 is 19.2 Å². The molecule has 1 aromatic rings. The molecule has 0 spiro atoms. The van der Waals surface area contributed by atoms with Crippen molar-refractivity contribution in [1.29, 1.82) is 0 Å². The highest BCUT2D eigenvalue weighted by molar-refractivity contribution is 9.10. The van der Waals surface area contributed by atoms with Crippen molar-refractivity contribution >= 4 is 39.6 Å². The van der Waals surface area contributed by atoms with E-state index in [1.807, 2.05) is 20.8 Å². The number of carbonyl (C=O) groups excluding carboxylic acids is 4. The van der Waals surface area contributed by atoms with Crippen LogP contribution < -0.4 is 10.6 Å². The molecule has 1 atom stereocenters. The Morgan fingerprint density at radius 2 is 1.78 bits per heavy atom. The number of hydrogen-bond acceptors (Lipinski definition) is 4. The molecule has 2 rings (SSSR count). The predicted molar refractivity (Wildman–Crippen MR) is 104 cm³/mol. The number of carbonyl (C=O) groups is 4. The van der Waals surface area contributed by atoms with E-state index in [0.717, 1.165) is 9.37 Å². The topological polar surface area (TPSA) is 95.6 Å². The first-order valence-electron chi connectivity index (χ1n) is 8.77. The molecule has 0 fully saturated rings. The second-order valence-corrected chi connectivity index (χ2v) is 8.50. The van der Waals surface area contributed by atoms with Gasteiger partial charge in [-0.1, -0.05) is 15.9 Å². The Bertz CT molecular complexity index is 786. The molecule has 146 valence electrons. The molecule has 27 heavy (non-hydrogen) atoms. The second-order valence-electron chi connectivity index (χ2n) is 7.58. The smallest absolute Gasteiger partial charge is 0.261 e. The average Bonchev–Trinajstić information content (AvgIpc) is 2.77. The Kier molecular flexibility index (Phi) is 6.41. The molecule has 1 aliphatic heterocycles. The van der Waals surface area contributed by atoms with Crippen molar-refractivity contribution in [3.05, 3.63) is 33.8 Å². The van der Waals surface area contributed by atoms with Crippen molar-refractivity contribution in [3.63, 3.8) is 0 Å². The average molecular weight is 438 g/mol. The molecule has 0 bridgehead atoms. The van der Waals surface area contributed by atoms with Gasteiger partial charge in [-0.15, -0.1) is 0 Å². The van der Waals surface area contributed by atoms with Gasteiger partial charge in [0, 0.05) is 23.0 Å². The van der Waals surface area contributed by atoms with Gasteiger partial charge in [-0.3, -0.25) is 24.1 Å². The van der Waals surface area contributed by atoms with Crippen LogP contribution in [0.1, 0.15) is 61.3 Å². The molecule has 0 aromatic heterocycles. The van der Waals surface area contributed by atoms with Gasteiger partial charge in [-0.05, 0) is 52.3 Å². The third kappa shape index (κ3) is 5.38. The molecule has 1 heterocycles. The fraction of sp³-hybridized carbons (Fsp3) is 0.474. The Balaban J connectivity index is 1.83. The highest BCUT2D eigenvalue weighted by Crippen LogP contribution is 2.26. The zero-order chi connectivity index (χ0) is 20.4. The van der Waals surface area contributed by atoms with Crippen molar-refractivity contribution in [1.82, 2.24) is 15.5 Å². The SMILES string of the molecule is CC(NC(=O)CCCN1C(=O)c2ccc(Br)cc2C1=O)C(=O)NC(C)(C)C. The summed E-state index contributed by atoms with van der Waals surface area (Å²) in [5, 5.41) is 5.43. The molecule has 0 saturated heterocycles. The van der Waals surface area contributed by atoms with Crippen molar-refractivity contribution in [2.45, 2.75) is 52.1 Å². The monoisotopic (exact) mass is 437 g/mol. The minimum Gasteiger partial charge on any atom is -0.350 e. The Morgan fingerprint density at radius 1 is 1.15 bits per heavy atom. The summed E-state index contributed by atoms with van der Waals surface area (Å²) in [7, 11) is 0. The number of hydrogen-bond donors (Lipinski definition) is 2. The van der Waals surface area contributed by atoms with E-state index in [0.29, 0.717) is 17.5 Å². The second kappa shape index (κ2) is 8.21. The fourth-order valence-electron chi connectivity index (χ4n) is 2.72. The number of halogens is 1. The molecule has 0 radical (unpaired) electrons. The highest BCUT2D eigenvalue weighted by atomic mass is 79.9. The van der Waals surface area contributed by atoms with E-state index in [4.69, 9.17) is 0 Å². The fourth-order valence-corrected chi connectivity index (χ4v) is 3.08. The van der Waals surface area contributed by atoms with E-state index in [1.165, 1.54) is 0 Å². The van der Waals surface area contributed by atoms with Crippen molar-refractivity contribution in [3.8, 4) is 0 Å². The zero-order valence-electron chi connectivity index (χ0n) is 15.9. The predicted octanol–water partition coefficient (Wildman–Crippen LogP) is 2.24. The van der Waals surface area contributed by atoms with Crippen LogP contribution in [0.15, 0.2) is 22.7 Å². The molecule has 0 aliphatic carbocycles. The van der Waals surface area contributed by atoms with E-state index < -0.39 is 6.04 Å². The number of nitrogens with zero attached hydrogens (tertiary/aromatic N) is 1. The maximum Gasteiger partial charge on any atom is 0.261 e. The number of imide groups is 1. The molecular weight excluding hydrogens is 414 g/mol. The van der Waals surface area contributed by atoms with Gasteiger partial charge in [0.25, 0.3) is 11.8 Å². The lowest BCUT2D eigenvalue weighted by molar-refractivity contribution is -0.129. The van der Waals surface area contributed by atoms with Gasteiger partial charge in [-0.25, -0.2) is 0 Å². The van der Waals surface area contributed by atoms with E-state index >= 15 is 0 Å². The lowest BCUT2D eigenvalue weighted by Crippen LogP contribution is -2.50. The maximum atomic E-state index is 12.4. The molecule has 1 unspecified atom stereocenters. The lowest BCUT2D eigenvalue weighted by atomic mass is 10.1. The molecule has 8 heteroatoms. The maximum absolute atomic E-state index is 12.4.